The Morgan fingerprint density at radius 2 is 2.10 bits per heavy atom. The molecule has 2 unspecified atom stereocenters. The fourth-order valence-corrected chi connectivity index (χ4v) is 5.12. The Morgan fingerprint density at radius 3 is 2.68 bits per heavy atom. The molecule has 0 aromatic carbocycles. The summed E-state index contributed by atoms with van der Waals surface area (Å²) in [6.45, 7) is 4.60. The summed E-state index contributed by atoms with van der Waals surface area (Å²) in [5.41, 5.74) is 0.982. The van der Waals surface area contributed by atoms with Crippen LogP contribution in [0.2, 0.25) is 0 Å². The first-order valence-electron chi connectivity index (χ1n) is 9.89. The van der Waals surface area contributed by atoms with Crippen molar-refractivity contribution in [1.82, 2.24) is 19.8 Å². The number of aliphatic hydroxyl groups excluding tert-OH is 1. The van der Waals surface area contributed by atoms with Gasteiger partial charge in [0, 0.05) is 31.6 Å². The van der Waals surface area contributed by atoms with Gasteiger partial charge in [0.15, 0.2) is 0 Å². The minimum atomic E-state index is -3.94. The van der Waals surface area contributed by atoms with Crippen LogP contribution in [0, 0.1) is 11.8 Å². The van der Waals surface area contributed by atoms with E-state index in [2.05, 4.69) is 5.32 Å². The summed E-state index contributed by atoms with van der Waals surface area (Å²) < 4.78 is 28.6. The van der Waals surface area contributed by atoms with E-state index in [1.807, 2.05) is 26.0 Å². The summed E-state index contributed by atoms with van der Waals surface area (Å²) in [6.07, 6.45) is -0.171. The van der Waals surface area contributed by atoms with E-state index in [9.17, 15) is 27.9 Å². The number of carbonyl (C=O) groups is 3. The van der Waals surface area contributed by atoms with Crippen molar-refractivity contribution in [1.29, 1.82) is 0 Å². The van der Waals surface area contributed by atoms with E-state index < -0.39 is 40.7 Å². The molecule has 31 heavy (non-hydrogen) atoms. The standard InChI is InChI=1S/C17H28N5O7PS/c1-8-11(15(17(26)29-30)22-14(8)13(9(2)23)16(22)25)7-21-4-3-10(6-21)20-12(24)5-19-31(18,27)28/h8-10,13-14,19,23H,3-7,30H2,1-2H3,(H,20,24)(H2,18,27,28)/t8-,9+,10-,13?,14+/m0/s1. The van der Waals surface area contributed by atoms with Gasteiger partial charge in [-0.05, 0) is 18.9 Å². The maximum atomic E-state index is 12.5. The monoisotopic (exact) mass is 477 g/mol. The van der Waals surface area contributed by atoms with Crippen molar-refractivity contribution in [3.63, 3.8) is 0 Å². The van der Waals surface area contributed by atoms with Gasteiger partial charge >= 0.3 is 5.97 Å². The summed E-state index contributed by atoms with van der Waals surface area (Å²) in [5, 5.41) is 17.6. The highest BCUT2D eigenvalue weighted by atomic mass is 32.2. The van der Waals surface area contributed by atoms with Gasteiger partial charge in [-0.25, -0.2) is 9.93 Å². The van der Waals surface area contributed by atoms with E-state index >= 15 is 0 Å². The number of likely N-dealkylation sites (tertiary alicyclic amines) is 1. The number of amides is 2. The van der Waals surface area contributed by atoms with Crippen molar-refractivity contribution < 1.29 is 32.4 Å². The molecule has 2 saturated heterocycles. The molecule has 6 atom stereocenters. The number of nitrogens with one attached hydrogen (secondary N) is 2. The van der Waals surface area contributed by atoms with Crippen LogP contribution in [0.4, 0.5) is 0 Å². The molecule has 2 fully saturated rings. The van der Waals surface area contributed by atoms with Crippen LogP contribution in [-0.4, -0.2) is 85.5 Å². The van der Waals surface area contributed by atoms with Gasteiger partial charge in [0.1, 0.15) is 5.70 Å². The molecule has 0 aliphatic carbocycles. The van der Waals surface area contributed by atoms with Crippen molar-refractivity contribution in [2.45, 2.75) is 38.5 Å². The van der Waals surface area contributed by atoms with Crippen molar-refractivity contribution in [2.75, 3.05) is 26.2 Å². The zero-order valence-electron chi connectivity index (χ0n) is 17.3. The topological polar surface area (TPSA) is 171 Å². The lowest BCUT2D eigenvalue weighted by atomic mass is 9.77. The average Bonchev–Trinajstić information content (AvgIpc) is 3.20. The lowest BCUT2D eigenvalue weighted by molar-refractivity contribution is -0.162. The van der Waals surface area contributed by atoms with Crippen LogP contribution in [0.1, 0.15) is 20.3 Å². The Hall–Kier alpha value is -1.63. The number of fused-ring (bicyclic) bond motifs is 1. The van der Waals surface area contributed by atoms with E-state index in [1.165, 1.54) is 4.90 Å². The van der Waals surface area contributed by atoms with Gasteiger partial charge in [-0.2, -0.15) is 13.1 Å². The highest BCUT2D eigenvalue weighted by molar-refractivity contribution is 7.87. The number of hydrogen-bond donors (Lipinski definition) is 4. The van der Waals surface area contributed by atoms with E-state index in [4.69, 9.17) is 9.66 Å². The predicted molar refractivity (Wildman–Crippen MR) is 112 cm³/mol. The number of rotatable bonds is 8. The molecule has 0 spiro atoms. The molecular formula is C17H28N5O7PS. The summed E-state index contributed by atoms with van der Waals surface area (Å²) in [6, 6.07) is -0.475. The summed E-state index contributed by atoms with van der Waals surface area (Å²) in [5.74, 6) is -2.09. The summed E-state index contributed by atoms with van der Waals surface area (Å²) >= 11 is 0. The minimum Gasteiger partial charge on any atom is -0.447 e. The van der Waals surface area contributed by atoms with Crippen LogP contribution in [0.25, 0.3) is 0 Å². The Labute approximate surface area is 183 Å². The normalized spacial score (nSPS) is 29.6. The molecule has 12 nitrogen and oxygen atoms in total. The van der Waals surface area contributed by atoms with Crippen molar-refractivity contribution in [2.24, 2.45) is 17.0 Å². The second-order valence-electron chi connectivity index (χ2n) is 8.19. The fraction of sp³-hybridized carbons (Fsp3) is 0.706. The lowest BCUT2D eigenvalue weighted by Crippen LogP contribution is -2.63. The predicted octanol–water partition coefficient (Wildman–Crippen LogP) is -2.59. The van der Waals surface area contributed by atoms with Gasteiger partial charge in [0.05, 0.1) is 34.1 Å². The maximum Gasteiger partial charge on any atom is 0.357 e. The molecular weight excluding hydrogens is 449 g/mol. The Bertz CT molecular complexity index is 909. The first kappa shape index (κ1) is 24.0. The van der Waals surface area contributed by atoms with E-state index in [0.29, 0.717) is 26.1 Å². The van der Waals surface area contributed by atoms with Gasteiger partial charge in [-0.15, -0.1) is 0 Å². The van der Waals surface area contributed by atoms with Crippen molar-refractivity contribution >= 4 is 37.5 Å². The van der Waals surface area contributed by atoms with Gasteiger partial charge in [0.25, 0.3) is 10.2 Å². The number of carbonyl (C=O) groups excluding carboxylic acids is 3. The van der Waals surface area contributed by atoms with Crippen LogP contribution in [0.15, 0.2) is 11.3 Å². The first-order chi connectivity index (χ1) is 14.4. The molecule has 0 bridgehead atoms. The van der Waals surface area contributed by atoms with Crippen LogP contribution in [0.5, 0.6) is 0 Å². The second-order valence-corrected chi connectivity index (χ2v) is 9.80. The smallest absolute Gasteiger partial charge is 0.357 e. The molecule has 3 heterocycles. The Balaban J connectivity index is 1.66. The molecule has 14 heteroatoms. The summed E-state index contributed by atoms with van der Waals surface area (Å²) in [4.78, 5) is 40.4. The van der Waals surface area contributed by atoms with Crippen LogP contribution < -0.4 is 15.2 Å². The van der Waals surface area contributed by atoms with Crippen molar-refractivity contribution in [3.8, 4) is 0 Å². The minimum absolute atomic E-state index is 0.135. The van der Waals surface area contributed by atoms with Crippen LogP contribution in [0.3, 0.4) is 0 Å². The third-order valence-electron chi connectivity index (χ3n) is 6.08. The quantitative estimate of drug-likeness (QED) is 0.218. The second kappa shape index (κ2) is 9.08. The zero-order valence-corrected chi connectivity index (χ0v) is 19.2. The maximum absolute atomic E-state index is 12.5. The van der Waals surface area contributed by atoms with Gasteiger partial charge in [-0.3, -0.25) is 14.5 Å². The van der Waals surface area contributed by atoms with Gasteiger partial charge in [-0.1, -0.05) is 6.92 Å². The highest BCUT2D eigenvalue weighted by Gasteiger charge is 2.60. The Morgan fingerprint density at radius 1 is 1.42 bits per heavy atom. The highest BCUT2D eigenvalue weighted by Crippen LogP contribution is 2.47. The number of nitrogens with zero attached hydrogens (tertiary/aromatic N) is 2. The molecule has 2 amide bonds. The lowest BCUT2D eigenvalue weighted by Gasteiger charge is -2.46. The zero-order chi connectivity index (χ0) is 23.1. The van der Waals surface area contributed by atoms with Crippen LogP contribution >= 0.6 is 9.47 Å². The summed E-state index contributed by atoms with van der Waals surface area (Å²) in [7, 11) is -2.05. The fourth-order valence-electron chi connectivity index (χ4n) is 4.68. The molecule has 0 aromatic rings. The third kappa shape index (κ3) is 4.91. The number of aliphatic hydroxyl groups is 1. The number of hydrogen-bond acceptors (Lipinski definition) is 8. The van der Waals surface area contributed by atoms with E-state index in [1.54, 1.807) is 6.92 Å². The SMILES string of the molecule is C[C@@H](O)C1C(=O)N2C(C(=O)OP)=C(CN3CC[C@H](NC(=O)CNS(N)(=O)=O)C3)[C@H](C)[C@H]12. The number of β-lactam (4-membered cyclic amide) rings is 1. The molecule has 3 rings (SSSR count). The van der Waals surface area contributed by atoms with E-state index in [-0.39, 0.29) is 29.6 Å². The first-order valence-corrected chi connectivity index (χ1v) is 11.9. The largest absolute Gasteiger partial charge is 0.447 e. The molecule has 3 aliphatic rings. The third-order valence-corrected chi connectivity index (χ3v) is 6.84. The molecule has 0 saturated carbocycles. The number of nitrogens with two attached hydrogens (primary N) is 1. The van der Waals surface area contributed by atoms with Crippen LogP contribution in [-0.2, 0) is 29.1 Å². The molecule has 5 N–H and O–H groups in total. The average molecular weight is 477 g/mol. The van der Waals surface area contributed by atoms with E-state index in [0.717, 1.165) is 5.57 Å². The van der Waals surface area contributed by atoms with Gasteiger partial charge < -0.3 is 19.8 Å². The Kier molecular flexibility index (Phi) is 7.04. The molecule has 174 valence electrons. The van der Waals surface area contributed by atoms with Gasteiger partial charge in [0.2, 0.25) is 11.8 Å². The molecule has 0 aromatic heterocycles. The molecule has 3 aliphatic heterocycles. The molecule has 0 radical (unpaired) electrons. The van der Waals surface area contributed by atoms with Crippen molar-refractivity contribution in [3.05, 3.63) is 11.3 Å².